The van der Waals surface area contributed by atoms with Gasteiger partial charge in [-0.3, -0.25) is 4.79 Å². The molecule has 2 aromatic carbocycles. The molecule has 4 nitrogen and oxygen atoms in total. The van der Waals surface area contributed by atoms with Crippen molar-refractivity contribution >= 4 is 22.6 Å². The van der Waals surface area contributed by atoms with Gasteiger partial charge in [0.15, 0.2) is 11.0 Å². The largest absolute Gasteiger partial charge is 0.491 e. The van der Waals surface area contributed by atoms with Crippen LogP contribution in [0.1, 0.15) is 11.1 Å². The Labute approximate surface area is 148 Å². The van der Waals surface area contributed by atoms with Crippen LogP contribution in [0, 0.1) is 6.92 Å². The molecule has 1 heterocycles. The lowest BCUT2D eigenvalue weighted by Gasteiger charge is -2.10. The number of aliphatic hydroxyl groups is 1. The van der Waals surface area contributed by atoms with Crippen LogP contribution < -0.4 is 10.2 Å². The second-order valence-electron chi connectivity index (χ2n) is 5.58. The van der Waals surface area contributed by atoms with Crippen LogP contribution in [0.2, 0.25) is 5.02 Å². The van der Waals surface area contributed by atoms with E-state index in [-0.39, 0.29) is 34.8 Å². The average molecular weight is 363 g/mol. The number of hydrogen-bond acceptors (Lipinski definition) is 4. The van der Waals surface area contributed by atoms with Crippen molar-refractivity contribution in [2.45, 2.75) is 13.6 Å². The van der Waals surface area contributed by atoms with Gasteiger partial charge in [-0.1, -0.05) is 17.7 Å². The Morgan fingerprint density at radius 2 is 2.04 bits per heavy atom. The molecule has 0 aliphatic heterocycles. The first-order valence-corrected chi connectivity index (χ1v) is 8.09. The van der Waals surface area contributed by atoms with Crippen molar-refractivity contribution in [2.75, 3.05) is 13.2 Å². The predicted molar refractivity (Wildman–Crippen MR) is 95.1 cm³/mol. The summed E-state index contributed by atoms with van der Waals surface area (Å²) in [6.07, 6.45) is 0. The Balaban J connectivity index is 2.11. The molecule has 0 atom stereocenters. The van der Waals surface area contributed by atoms with Gasteiger partial charge < -0.3 is 14.3 Å². The fourth-order valence-electron chi connectivity index (χ4n) is 2.59. The molecule has 0 aliphatic carbocycles. The third kappa shape index (κ3) is 3.38. The molecule has 1 aromatic heterocycles. The number of halogens is 2. The molecule has 0 spiro atoms. The van der Waals surface area contributed by atoms with Crippen molar-refractivity contribution < 1.29 is 18.7 Å². The molecule has 0 unspecified atom stereocenters. The highest BCUT2D eigenvalue weighted by Gasteiger charge is 2.13. The average Bonchev–Trinajstić information content (AvgIpc) is 2.61. The van der Waals surface area contributed by atoms with Gasteiger partial charge in [0.1, 0.15) is 24.8 Å². The van der Waals surface area contributed by atoms with Gasteiger partial charge in [0.05, 0.1) is 17.0 Å². The maximum absolute atomic E-state index is 13.0. The van der Waals surface area contributed by atoms with Crippen molar-refractivity contribution in [3.8, 4) is 17.1 Å². The highest BCUT2D eigenvalue weighted by Crippen LogP contribution is 2.31. The first-order chi connectivity index (χ1) is 12.0. The summed E-state index contributed by atoms with van der Waals surface area (Å²) >= 11 is 6.17. The van der Waals surface area contributed by atoms with Crippen molar-refractivity contribution in [2.24, 2.45) is 0 Å². The normalized spacial score (nSPS) is 11.0. The number of benzene rings is 2. The van der Waals surface area contributed by atoms with Gasteiger partial charge in [0, 0.05) is 17.2 Å². The van der Waals surface area contributed by atoms with E-state index in [0.717, 1.165) is 5.56 Å². The standard InChI is InChI=1S/C19H16ClFO4/c1-11-8-12(3-5-16(11)24-7-6-22)17-9-15(23)14-4-2-13(10-21)18(20)19(14)25-17/h2-5,8-9,22H,6-7,10H2,1H3. The van der Waals surface area contributed by atoms with Crippen molar-refractivity contribution in [1.29, 1.82) is 0 Å². The summed E-state index contributed by atoms with van der Waals surface area (Å²) in [6.45, 7) is 1.24. The summed E-state index contributed by atoms with van der Waals surface area (Å²) in [5, 5.41) is 9.26. The Bertz CT molecular complexity index is 981. The topological polar surface area (TPSA) is 59.7 Å². The summed E-state index contributed by atoms with van der Waals surface area (Å²) in [5.74, 6) is 0.978. The summed E-state index contributed by atoms with van der Waals surface area (Å²) in [5.41, 5.74) is 1.71. The smallest absolute Gasteiger partial charge is 0.193 e. The monoisotopic (exact) mass is 362 g/mol. The lowest BCUT2D eigenvalue weighted by atomic mass is 10.1. The summed E-state index contributed by atoms with van der Waals surface area (Å²) in [6, 6.07) is 9.68. The lowest BCUT2D eigenvalue weighted by Crippen LogP contribution is -2.03. The summed E-state index contributed by atoms with van der Waals surface area (Å²) in [4.78, 5) is 12.4. The predicted octanol–water partition coefficient (Wildman–Crippen LogP) is 4.26. The zero-order valence-corrected chi connectivity index (χ0v) is 14.3. The van der Waals surface area contributed by atoms with Crippen molar-refractivity contribution in [3.05, 3.63) is 62.8 Å². The zero-order chi connectivity index (χ0) is 18.0. The first-order valence-electron chi connectivity index (χ1n) is 7.71. The fraction of sp³-hybridized carbons (Fsp3) is 0.211. The van der Waals surface area contributed by atoms with Crippen LogP contribution >= 0.6 is 11.6 Å². The third-order valence-electron chi connectivity index (χ3n) is 3.87. The van der Waals surface area contributed by atoms with Gasteiger partial charge in [0.25, 0.3) is 0 Å². The Kier molecular flexibility index (Phi) is 5.06. The molecule has 0 bridgehead atoms. The Morgan fingerprint density at radius 1 is 1.24 bits per heavy atom. The maximum atomic E-state index is 13.0. The zero-order valence-electron chi connectivity index (χ0n) is 13.5. The van der Waals surface area contributed by atoms with E-state index in [1.165, 1.54) is 18.2 Å². The minimum absolute atomic E-state index is 0.0733. The highest BCUT2D eigenvalue weighted by molar-refractivity contribution is 6.35. The van der Waals surface area contributed by atoms with Crippen LogP contribution in [-0.4, -0.2) is 18.3 Å². The van der Waals surface area contributed by atoms with Gasteiger partial charge in [-0.05, 0) is 36.8 Å². The maximum Gasteiger partial charge on any atom is 0.193 e. The molecular formula is C19H16ClFO4. The quantitative estimate of drug-likeness (QED) is 0.736. The van der Waals surface area contributed by atoms with E-state index in [1.807, 2.05) is 13.0 Å². The van der Waals surface area contributed by atoms with Crippen molar-refractivity contribution in [3.63, 3.8) is 0 Å². The second kappa shape index (κ2) is 7.25. The molecule has 25 heavy (non-hydrogen) atoms. The van der Waals surface area contributed by atoms with Crippen LogP contribution in [0.15, 0.2) is 45.6 Å². The number of aryl methyl sites for hydroxylation is 1. The molecule has 0 saturated carbocycles. The molecule has 3 aromatic rings. The number of aliphatic hydroxyl groups excluding tert-OH is 1. The van der Waals surface area contributed by atoms with Gasteiger partial charge in [-0.15, -0.1) is 0 Å². The molecular weight excluding hydrogens is 347 g/mol. The summed E-state index contributed by atoms with van der Waals surface area (Å²) in [7, 11) is 0. The number of alkyl halides is 1. The highest BCUT2D eigenvalue weighted by atomic mass is 35.5. The second-order valence-corrected chi connectivity index (χ2v) is 5.95. The van der Waals surface area contributed by atoms with E-state index in [2.05, 4.69) is 0 Å². The first kappa shape index (κ1) is 17.5. The molecule has 3 rings (SSSR count). The van der Waals surface area contributed by atoms with E-state index in [0.29, 0.717) is 22.5 Å². The van der Waals surface area contributed by atoms with Crippen LogP contribution in [-0.2, 0) is 6.67 Å². The minimum Gasteiger partial charge on any atom is -0.491 e. The van der Waals surface area contributed by atoms with E-state index >= 15 is 0 Å². The van der Waals surface area contributed by atoms with E-state index in [9.17, 15) is 9.18 Å². The molecule has 130 valence electrons. The third-order valence-corrected chi connectivity index (χ3v) is 4.28. The molecule has 0 fully saturated rings. The molecule has 0 amide bonds. The van der Waals surface area contributed by atoms with E-state index in [4.69, 9.17) is 25.9 Å². The van der Waals surface area contributed by atoms with Gasteiger partial charge in [-0.25, -0.2) is 4.39 Å². The Hall–Kier alpha value is -2.37. The number of ether oxygens (including phenoxy) is 1. The molecule has 0 saturated heterocycles. The van der Waals surface area contributed by atoms with Gasteiger partial charge in [0.2, 0.25) is 0 Å². The van der Waals surface area contributed by atoms with E-state index < -0.39 is 6.67 Å². The van der Waals surface area contributed by atoms with E-state index in [1.54, 1.807) is 12.1 Å². The molecule has 6 heteroatoms. The van der Waals surface area contributed by atoms with Gasteiger partial charge in [-0.2, -0.15) is 0 Å². The Morgan fingerprint density at radius 3 is 2.72 bits per heavy atom. The number of rotatable bonds is 5. The molecule has 0 radical (unpaired) electrons. The minimum atomic E-state index is -0.737. The SMILES string of the molecule is Cc1cc(-c2cc(=O)c3ccc(CF)c(Cl)c3o2)ccc1OCCO. The van der Waals surface area contributed by atoms with Crippen molar-refractivity contribution in [1.82, 2.24) is 0 Å². The molecule has 0 aliphatic rings. The van der Waals surface area contributed by atoms with Crippen LogP contribution in [0.5, 0.6) is 5.75 Å². The van der Waals surface area contributed by atoms with Crippen LogP contribution in [0.4, 0.5) is 4.39 Å². The van der Waals surface area contributed by atoms with Crippen LogP contribution in [0.25, 0.3) is 22.3 Å². The summed E-state index contributed by atoms with van der Waals surface area (Å²) < 4.78 is 24.2. The molecule has 1 N–H and O–H groups in total. The number of fused-ring (bicyclic) bond motifs is 1. The van der Waals surface area contributed by atoms with Crippen LogP contribution in [0.3, 0.4) is 0 Å². The fourth-order valence-corrected chi connectivity index (χ4v) is 2.85. The number of hydrogen-bond donors (Lipinski definition) is 1. The lowest BCUT2D eigenvalue weighted by molar-refractivity contribution is 0.200. The van der Waals surface area contributed by atoms with Gasteiger partial charge >= 0.3 is 0 Å².